The number of benzene rings is 3. The number of fused-ring (bicyclic) bond motifs is 3. The van der Waals surface area contributed by atoms with Gasteiger partial charge in [0.25, 0.3) is 0 Å². The van der Waals surface area contributed by atoms with Crippen LogP contribution in [0.4, 0.5) is 52.7 Å². The fourth-order valence-electron chi connectivity index (χ4n) is 3.16. The highest BCUT2D eigenvalue weighted by Crippen LogP contribution is 2.25. The molecule has 204 valence electrons. The van der Waals surface area contributed by atoms with Crippen LogP contribution in [-0.2, 0) is 0 Å². The van der Waals surface area contributed by atoms with E-state index in [0.717, 1.165) is 0 Å². The molecule has 0 fully saturated rings. The van der Waals surface area contributed by atoms with Gasteiger partial charge in [0.2, 0.25) is 0 Å². The fraction of sp³-hybridized carbons (Fsp3) is 0. The molecule has 0 unspecified atom stereocenters. The number of rotatable bonds is 0. The van der Waals surface area contributed by atoms with Gasteiger partial charge in [-0.2, -0.15) is 0 Å². The van der Waals surface area contributed by atoms with Crippen LogP contribution in [0.3, 0.4) is 0 Å². The van der Waals surface area contributed by atoms with Crippen LogP contribution >= 0.6 is 0 Å². The topological polar surface area (TPSA) is 0 Å². The molecule has 0 amide bonds. The predicted molar refractivity (Wildman–Crippen MR) is 117 cm³/mol. The van der Waals surface area contributed by atoms with Gasteiger partial charge in [0.05, 0.1) is 32.3 Å². The first kappa shape index (κ1) is 29.2. The molecule has 0 aliphatic carbocycles. The van der Waals surface area contributed by atoms with Crippen LogP contribution in [0.15, 0.2) is 0 Å². The Labute approximate surface area is 228 Å². The van der Waals surface area contributed by atoms with E-state index >= 15 is 0 Å². The lowest BCUT2D eigenvalue weighted by Gasteiger charge is -1.99. The van der Waals surface area contributed by atoms with Crippen LogP contribution in [-0.4, -0.2) is 0 Å². The summed E-state index contributed by atoms with van der Waals surface area (Å²) in [6, 6.07) is 21.0. The maximum absolute atomic E-state index is 14.4. The molecule has 0 aliphatic heterocycles. The second-order valence-corrected chi connectivity index (χ2v) is 7.52. The molecule has 0 atom stereocenters. The van der Waals surface area contributed by atoms with Crippen LogP contribution in [0.1, 0.15) is 0 Å². The zero-order valence-electron chi connectivity index (χ0n) is 19.5. The highest BCUT2D eigenvalue weighted by atomic mass is 19.2. The predicted octanol–water partition coefficient (Wildman–Crippen LogP) is 7.79. The molecule has 0 nitrogen and oxygen atoms in total. The summed E-state index contributed by atoms with van der Waals surface area (Å²) in [5.74, 6) is -26.7. The normalized spacial score (nSPS) is 9.71. The van der Waals surface area contributed by atoms with Crippen LogP contribution < -0.4 is 0 Å². The minimum absolute atomic E-state index is 1.29. The van der Waals surface area contributed by atoms with Crippen molar-refractivity contribution in [2.24, 2.45) is 0 Å². The standard InChI is InChI=1S/C30F12/c31-19-13-7-1-2-8-14-16(22(34)28(40)26(38)20(14)32)10-5-6-12-18-17(23(35)29(41)30(42)24(18)36)11-4-3-9-15(13)21(33)27(39)25(19)37. The summed E-state index contributed by atoms with van der Waals surface area (Å²) in [4.78, 5) is 0. The third-order valence-corrected chi connectivity index (χ3v) is 5.11. The van der Waals surface area contributed by atoms with Gasteiger partial charge < -0.3 is 0 Å². The number of halogens is 12. The van der Waals surface area contributed by atoms with E-state index in [1.54, 1.807) is 72.8 Å². The number of hydrogen-bond donors (Lipinski definition) is 0. The van der Waals surface area contributed by atoms with Gasteiger partial charge in [-0.25, -0.2) is 52.7 Å². The molecule has 0 heterocycles. The summed E-state index contributed by atoms with van der Waals surface area (Å²) >= 11 is 0. The molecule has 4 aromatic rings. The highest BCUT2D eigenvalue weighted by Gasteiger charge is 2.21. The minimum atomic E-state index is -2.35. The average Bonchev–Trinajstić information content (AvgIpc) is 2.97. The highest BCUT2D eigenvalue weighted by molar-refractivity contribution is 5.82. The first-order valence-electron chi connectivity index (χ1n) is 10.5. The first-order valence-corrected chi connectivity index (χ1v) is 10.5. The van der Waals surface area contributed by atoms with Gasteiger partial charge in [-0.1, -0.05) is 0 Å². The SMILES string of the molecule is Fc1c(F)c(F)c2c#cc#cc3c(F)c(F)c(F)c(F)c3c#cc#cc3c(F)c(F)c(F)c(F)c3c#cc#cc2c1F. The number of hydrogen-bond acceptors (Lipinski definition) is 0. The van der Waals surface area contributed by atoms with E-state index in [1.165, 1.54) is 0 Å². The van der Waals surface area contributed by atoms with E-state index in [-0.39, 0.29) is 0 Å². The van der Waals surface area contributed by atoms with Crippen molar-refractivity contribution in [3.05, 3.63) is 143 Å². The summed E-state index contributed by atoms with van der Waals surface area (Å²) in [6.07, 6.45) is 0. The third-order valence-electron chi connectivity index (χ3n) is 5.11. The maximum atomic E-state index is 14.4. The van der Waals surface area contributed by atoms with Crippen LogP contribution in [0, 0.1) is 143 Å². The van der Waals surface area contributed by atoms with E-state index < -0.39 is 102 Å². The molecule has 0 N–H and O–H groups in total. The minimum Gasteiger partial charge on any atom is -0.202 e. The summed E-state index contributed by atoms with van der Waals surface area (Å²) < 4.78 is 169. The second-order valence-electron chi connectivity index (χ2n) is 7.52. The van der Waals surface area contributed by atoms with Gasteiger partial charge in [0.15, 0.2) is 69.8 Å². The Balaban J connectivity index is 2.28. The van der Waals surface area contributed by atoms with Crippen molar-refractivity contribution in [3.8, 4) is 0 Å². The lowest BCUT2D eigenvalue weighted by atomic mass is 10.1. The lowest BCUT2D eigenvalue weighted by Crippen LogP contribution is -1.96. The molecular formula is C30F12. The Hall–Kier alpha value is -5.82. The third kappa shape index (κ3) is 4.95. The van der Waals surface area contributed by atoms with E-state index in [2.05, 4.69) is 0 Å². The molecule has 4 rings (SSSR count). The van der Waals surface area contributed by atoms with Crippen molar-refractivity contribution in [1.82, 2.24) is 0 Å². The molecule has 12 heteroatoms. The molecule has 0 bridgehead atoms. The van der Waals surface area contributed by atoms with Crippen LogP contribution in [0.25, 0.3) is 32.3 Å². The van der Waals surface area contributed by atoms with E-state index in [4.69, 9.17) is 0 Å². The zero-order chi connectivity index (χ0) is 30.9. The van der Waals surface area contributed by atoms with Crippen molar-refractivity contribution in [2.45, 2.75) is 0 Å². The Morgan fingerprint density at radius 2 is 0.310 bits per heavy atom. The van der Waals surface area contributed by atoms with E-state index in [1.807, 2.05) is 0 Å². The quantitative estimate of drug-likeness (QED) is 0.112. The van der Waals surface area contributed by atoms with Crippen molar-refractivity contribution >= 4 is 32.3 Å². The molecule has 0 aliphatic rings. The van der Waals surface area contributed by atoms with Gasteiger partial charge in [0, 0.05) is 0 Å². The van der Waals surface area contributed by atoms with Crippen LogP contribution in [0.2, 0.25) is 0 Å². The summed E-state index contributed by atoms with van der Waals surface area (Å²) in [5, 5.41) is -7.72. The maximum Gasteiger partial charge on any atom is 0.198 e. The Bertz CT molecular complexity index is 1600. The lowest BCUT2D eigenvalue weighted by molar-refractivity contribution is 0.418. The van der Waals surface area contributed by atoms with E-state index in [0.29, 0.717) is 0 Å². The Morgan fingerprint density at radius 3 is 0.429 bits per heavy atom. The zero-order valence-corrected chi connectivity index (χ0v) is 19.5. The molecule has 0 saturated carbocycles. The first-order chi connectivity index (χ1) is 19.9. The fourth-order valence-corrected chi connectivity index (χ4v) is 3.16. The van der Waals surface area contributed by atoms with Crippen molar-refractivity contribution in [1.29, 1.82) is 0 Å². The van der Waals surface area contributed by atoms with E-state index in [9.17, 15) is 52.7 Å². The van der Waals surface area contributed by atoms with Crippen molar-refractivity contribution < 1.29 is 52.7 Å². The molecule has 0 saturated heterocycles. The molecule has 4 aromatic carbocycles. The van der Waals surface area contributed by atoms with Gasteiger partial charge in [0.1, 0.15) is 0 Å². The largest absolute Gasteiger partial charge is 0.202 e. The average molecular weight is 588 g/mol. The smallest absolute Gasteiger partial charge is 0.198 e. The van der Waals surface area contributed by atoms with Gasteiger partial charge in [-0.3, -0.25) is 0 Å². The van der Waals surface area contributed by atoms with Gasteiger partial charge >= 0.3 is 0 Å². The Morgan fingerprint density at radius 1 is 0.190 bits per heavy atom. The Kier molecular flexibility index (Phi) is 7.88. The summed E-state index contributed by atoms with van der Waals surface area (Å²) in [7, 11) is 0. The van der Waals surface area contributed by atoms with Crippen molar-refractivity contribution in [2.75, 3.05) is 0 Å². The second kappa shape index (κ2) is 11.3. The van der Waals surface area contributed by atoms with Gasteiger partial charge in [-0.15, -0.1) is 0 Å². The molecule has 0 spiro atoms. The molecule has 0 radical (unpaired) electrons. The van der Waals surface area contributed by atoms with Crippen LogP contribution in [0.5, 0.6) is 0 Å². The van der Waals surface area contributed by atoms with Crippen molar-refractivity contribution in [3.63, 3.8) is 0 Å². The summed E-state index contributed by atoms with van der Waals surface area (Å²) in [6.45, 7) is 0. The summed E-state index contributed by atoms with van der Waals surface area (Å²) in [5.41, 5.74) is 0. The molecule has 0 aromatic heterocycles. The monoisotopic (exact) mass is 588 g/mol. The molecule has 42 heavy (non-hydrogen) atoms. The van der Waals surface area contributed by atoms with Gasteiger partial charge in [-0.05, 0) is 72.8 Å². The molecular weight excluding hydrogens is 588 g/mol.